The van der Waals surface area contributed by atoms with Crippen LogP contribution < -0.4 is 5.73 Å². The van der Waals surface area contributed by atoms with Gasteiger partial charge in [-0.1, -0.05) is 12.1 Å². The van der Waals surface area contributed by atoms with Gasteiger partial charge in [0.2, 0.25) is 0 Å². The highest BCUT2D eigenvalue weighted by molar-refractivity contribution is 6.21. The van der Waals surface area contributed by atoms with Crippen molar-refractivity contribution in [3.8, 4) is 0 Å². The second-order valence-electron chi connectivity index (χ2n) is 3.71. The van der Waals surface area contributed by atoms with E-state index in [1.165, 1.54) is 4.90 Å². The Morgan fingerprint density at radius 3 is 2.18 bits per heavy atom. The van der Waals surface area contributed by atoms with E-state index >= 15 is 0 Å². The fourth-order valence-corrected chi connectivity index (χ4v) is 1.78. The lowest BCUT2D eigenvalue weighted by Crippen LogP contribution is -2.33. The first-order valence-electron chi connectivity index (χ1n) is 5.48. The average Bonchev–Trinajstić information content (AvgIpc) is 2.60. The Bertz CT molecular complexity index is 410. The minimum absolute atomic E-state index is 0.248. The maximum Gasteiger partial charge on any atom is 0.261 e. The Hall–Kier alpha value is -1.72. The van der Waals surface area contributed by atoms with Gasteiger partial charge in [-0.2, -0.15) is 0 Å². The quantitative estimate of drug-likeness (QED) is 0.586. The maximum absolute atomic E-state index is 11.9. The van der Waals surface area contributed by atoms with Crippen LogP contribution in [0.5, 0.6) is 0 Å². The van der Waals surface area contributed by atoms with Crippen molar-refractivity contribution in [1.82, 2.24) is 4.90 Å². The molecule has 1 aromatic rings. The molecule has 1 aliphatic rings. The first kappa shape index (κ1) is 11.8. The number of hydrogen-bond acceptors (Lipinski definition) is 4. The lowest BCUT2D eigenvalue weighted by Gasteiger charge is -2.13. The number of carbonyl (C=O) groups is 2. The van der Waals surface area contributed by atoms with Crippen LogP contribution in [0, 0.1) is 0 Å². The van der Waals surface area contributed by atoms with Crippen LogP contribution in [0.2, 0.25) is 0 Å². The van der Waals surface area contributed by atoms with Crippen LogP contribution in [-0.4, -0.2) is 43.0 Å². The molecule has 5 heteroatoms. The first-order valence-corrected chi connectivity index (χ1v) is 5.48. The van der Waals surface area contributed by atoms with E-state index in [1.807, 2.05) is 0 Å². The molecule has 0 unspecified atom stereocenters. The number of hydrogen-bond donors (Lipinski definition) is 1. The zero-order valence-electron chi connectivity index (χ0n) is 9.39. The predicted octanol–water partition coefficient (Wildman–Crippen LogP) is 0.258. The largest absolute Gasteiger partial charge is 0.378 e. The summed E-state index contributed by atoms with van der Waals surface area (Å²) in [4.78, 5) is 25.0. The van der Waals surface area contributed by atoms with E-state index in [9.17, 15) is 9.59 Å². The molecule has 1 aliphatic heterocycles. The average molecular weight is 234 g/mol. The van der Waals surface area contributed by atoms with Gasteiger partial charge in [0, 0.05) is 6.54 Å². The Morgan fingerprint density at radius 2 is 1.65 bits per heavy atom. The van der Waals surface area contributed by atoms with Gasteiger partial charge in [-0.15, -0.1) is 0 Å². The number of nitrogens with zero attached hydrogens (tertiary/aromatic N) is 1. The van der Waals surface area contributed by atoms with Crippen molar-refractivity contribution >= 4 is 11.8 Å². The number of carbonyl (C=O) groups excluding carboxylic acids is 2. The van der Waals surface area contributed by atoms with Gasteiger partial charge in [-0.05, 0) is 12.1 Å². The van der Waals surface area contributed by atoms with E-state index in [1.54, 1.807) is 24.3 Å². The zero-order valence-corrected chi connectivity index (χ0v) is 9.39. The highest BCUT2D eigenvalue weighted by Crippen LogP contribution is 2.21. The second-order valence-corrected chi connectivity index (χ2v) is 3.71. The highest BCUT2D eigenvalue weighted by Gasteiger charge is 2.34. The summed E-state index contributed by atoms with van der Waals surface area (Å²) in [6.45, 7) is 1.46. The van der Waals surface area contributed by atoms with E-state index in [2.05, 4.69) is 0 Å². The normalized spacial score (nSPS) is 14.3. The molecule has 2 amide bonds. The van der Waals surface area contributed by atoms with Crippen molar-refractivity contribution in [3.05, 3.63) is 35.4 Å². The molecule has 0 atom stereocenters. The lowest BCUT2D eigenvalue weighted by molar-refractivity contribution is 0.0570. The van der Waals surface area contributed by atoms with Gasteiger partial charge in [0.15, 0.2) is 0 Å². The summed E-state index contributed by atoms with van der Waals surface area (Å²) in [6, 6.07) is 6.82. The van der Waals surface area contributed by atoms with Crippen LogP contribution >= 0.6 is 0 Å². The summed E-state index contributed by atoms with van der Waals surface area (Å²) < 4.78 is 5.17. The van der Waals surface area contributed by atoms with Crippen molar-refractivity contribution in [2.45, 2.75) is 0 Å². The Labute approximate surface area is 99.2 Å². The minimum atomic E-state index is -0.248. The smallest absolute Gasteiger partial charge is 0.261 e. The van der Waals surface area contributed by atoms with E-state index in [-0.39, 0.29) is 18.4 Å². The van der Waals surface area contributed by atoms with E-state index in [4.69, 9.17) is 10.5 Å². The molecule has 90 valence electrons. The molecule has 1 heterocycles. The highest BCUT2D eigenvalue weighted by atomic mass is 16.5. The molecule has 0 saturated heterocycles. The van der Waals surface area contributed by atoms with Gasteiger partial charge in [0.05, 0.1) is 30.9 Å². The number of imide groups is 1. The molecule has 0 saturated carbocycles. The number of rotatable bonds is 5. The molecule has 5 nitrogen and oxygen atoms in total. The molecular formula is C12H14N2O3. The summed E-state index contributed by atoms with van der Waals surface area (Å²) in [6.07, 6.45) is 0. The third-order valence-corrected chi connectivity index (χ3v) is 2.60. The topological polar surface area (TPSA) is 72.6 Å². The summed E-state index contributed by atoms with van der Waals surface area (Å²) in [5, 5.41) is 0. The van der Waals surface area contributed by atoms with Gasteiger partial charge in [0.1, 0.15) is 0 Å². The van der Waals surface area contributed by atoms with Crippen molar-refractivity contribution in [2.75, 3.05) is 26.3 Å². The number of ether oxygens (including phenoxy) is 1. The first-order chi connectivity index (χ1) is 8.25. The second kappa shape index (κ2) is 5.07. The molecule has 2 rings (SSSR count). The Morgan fingerprint density at radius 1 is 1.06 bits per heavy atom. The summed E-state index contributed by atoms with van der Waals surface area (Å²) >= 11 is 0. The van der Waals surface area contributed by atoms with Crippen LogP contribution in [0.15, 0.2) is 24.3 Å². The fourth-order valence-electron chi connectivity index (χ4n) is 1.78. The third kappa shape index (κ3) is 2.20. The molecule has 0 bridgehead atoms. The van der Waals surface area contributed by atoms with Gasteiger partial charge < -0.3 is 10.5 Å². The zero-order chi connectivity index (χ0) is 12.3. The van der Waals surface area contributed by atoms with Crippen LogP contribution in [0.25, 0.3) is 0 Å². The van der Waals surface area contributed by atoms with Crippen LogP contribution in [0.3, 0.4) is 0 Å². The van der Waals surface area contributed by atoms with Crippen molar-refractivity contribution < 1.29 is 14.3 Å². The molecule has 0 fully saturated rings. The summed E-state index contributed by atoms with van der Waals surface area (Å²) in [7, 11) is 0. The predicted molar refractivity (Wildman–Crippen MR) is 61.7 cm³/mol. The summed E-state index contributed by atoms with van der Waals surface area (Å²) in [5.74, 6) is -0.496. The fraction of sp³-hybridized carbons (Fsp3) is 0.333. The van der Waals surface area contributed by atoms with Crippen LogP contribution in [-0.2, 0) is 4.74 Å². The standard InChI is InChI=1S/C12H14N2O3/c13-5-7-17-8-6-14-11(15)9-3-1-2-4-10(9)12(14)16/h1-4H,5-8,13H2. The van der Waals surface area contributed by atoms with Gasteiger partial charge in [0.25, 0.3) is 11.8 Å². The van der Waals surface area contributed by atoms with E-state index in [0.29, 0.717) is 30.9 Å². The number of amides is 2. The van der Waals surface area contributed by atoms with E-state index < -0.39 is 0 Å². The molecule has 0 aliphatic carbocycles. The summed E-state index contributed by atoms with van der Waals surface area (Å²) in [5.41, 5.74) is 6.21. The van der Waals surface area contributed by atoms with Gasteiger partial charge in [-0.3, -0.25) is 14.5 Å². The Balaban J connectivity index is 2.03. The van der Waals surface area contributed by atoms with E-state index in [0.717, 1.165) is 0 Å². The lowest BCUT2D eigenvalue weighted by atomic mass is 10.1. The molecule has 0 aromatic heterocycles. The van der Waals surface area contributed by atoms with Crippen molar-refractivity contribution in [3.63, 3.8) is 0 Å². The molecule has 17 heavy (non-hydrogen) atoms. The van der Waals surface area contributed by atoms with Gasteiger partial charge in [-0.25, -0.2) is 0 Å². The molecule has 2 N–H and O–H groups in total. The molecule has 0 radical (unpaired) electrons. The Kier molecular flexibility index (Phi) is 3.51. The third-order valence-electron chi connectivity index (χ3n) is 2.60. The van der Waals surface area contributed by atoms with Crippen molar-refractivity contribution in [2.24, 2.45) is 5.73 Å². The monoisotopic (exact) mass is 234 g/mol. The number of nitrogens with two attached hydrogens (primary N) is 1. The van der Waals surface area contributed by atoms with Crippen LogP contribution in [0.1, 0.15) is 20.7 Å². The number of fused-ring (bicyclic) bond motifs is 1. The molecular weight excluding hydrogens is 220 g/mol. The van der Waals surface area contributed by atoms with Gasteiger partial charge >= 0.3 is 0 Å². The maximum atomic E-state index is 11.9. The minimum Gasteiger partial charge on any atom is -0.378 e. The molecule has 0 spiro atoms. The SMILES string of the molecule is NCCOCCN1C(=O)c2ccccc2C1=O. The van der Waals surface area contributed by atoms with Crippen molar-refractivity contribution in [1.29, 1.82) is 0 Å². The molecule has 1 aromatic carbocycles. The van der Waals surface area contributed by atoms with Crippen LogP contribution in [0.4, 0.5) is 0 Å². The number of benzene rings is 1.